The molecule has 3 saturated heterocycles. The summed E-state index contributed by atoms with van der Waals surface area (Å²) in [7, 11) is 0. The lowest BCUT2D eigenvalue weighted by Crippen LogP contribution is -2.66. The van der Waals surface area contributed by atoms with E-state index >= 15 is 0 Å². The van der Waals surface area contributed by atoms with Crippen molar-refractivity contribution in [3.8, 4) is 0 Å². The van der Waals surface area contributed by atoms with Crippen LogP contribution in [0.25, 0.3) is 0 Å². The van der Waals surface area contributed by atoms with Gasteiger partial charge < -0.3 is 89.9 Å². The first-order chi connectivity index (χ1) is 43.3. The van der Waals surface area contributed by atoms with E-state index in [-0.39, 0.29) is 18.9 Å². The number of carbonyl (C=O) groups is 1. The summed E-state index contributed by atoms with van der Waals surface area (Å²) in [6.07, 6.45) is 39.4. The van der Waals surface area contributed by atoms with E-state index in [0.29, 0.717) is 12.8 Å². The van der Waals surface area contributed by atoms with Crippen LogP contribution in [0.5, 0.6) is 0 Å². The van der Waals surface area contributed by atoms with Crippen LogP contribution in [0.2, 0.25) is 0 Å². The van der Waals surface area contributed by atoms with Gasteiger partial charge in [-0.25, -0.2) is 0 Å². The largest absolute Gasteiger partial charge is 0.394 e. The van der Waals surface area contributed by atoms with E-state index in [4.69, 9.17) is 28.4 Å². The molecule has 19 heteroatoms. The molecule has 0 aromatic carbocycles. The van der Waals surface area contributed by atoms with E-state index in [1.165, 1.54) is 77.0 Å². The zero-order chi connectivity index (χ0) is 64.7. The van der Waals surface area contributed by atoms with Crippen LogP contribution in [-0.4, -0.2) is 193 Å². The Kier molecular flexibility index (Phi) is 46.0. The highest BCUT2D eigenvalue weighted by Crippen LogP contribution is 2.33. The van der Waals surface area contributed by atoms with E-state index in [1.807, 2.05) is 6.08 Å². The van der Waals surface area contributed by atoms with Gasteiger partial charge in [-0.3, -0.25) is 4.79 Å². The van der Waals surface area contributed by atoms with Crippen molar-refractivity contribution in [2.45, 2.75) is 311 Å². The second-order valence-corrected chi connectivity index (χ2v) is 23.9. The maximum Gasteiger partial charge on any atom is 0.220 e. The summed E-state index contributed by atoms with van der Waals surface area (Å²) < 4.78 is 34.3. The fourth-order valence-corrected chi connectivity index (χ4v) is 10.9. The number of aliphatic hydroxyl groups excluding tert-OH is 11. The summed E-state index contributed by atoms with van der Waals surface area (Å²) in [5, 5.41) is 120. The van der Waals surface area contributed by atoms with Gasteiger partial charge in [-0.1, -0.05) is 214 Å². The molecule has 0 saturated carbocycles. The maximum atomic E-state index is 13.4. The summed E-state index contributed by atoms with van der Waals surface area (Å²) in [6, 6.07) is -1.01. The second-order valence-electron chi connectivity index (χ2n) is 23.9. The van der Waals surface area contributed by atoms with E-state index < -0.39 is 124 Å². The second kappa shape index (κ2) is 51.2. The third-order valence-electron chi connectivity index (χ3n) is 16.4. The van der Waals surface area contributed by atoms with Crippen LogP contribution >= 0.6 is 0 Å². The van der Waals surface area contributed by atoms with Crippen LogP contribution in [0.1, 0.15) is 206 Å². The van der Waals surface area contributed by atoms with Crippen molar-refractivity contribution in [1.82, 2.24) is 5.32 Å². The van der Waals surface area contributed by atoms with Gasteiger partial charge in [0.25, 0.3) is 0 Å². The molecule has 3 aliphatic heterocycles. The number of unbranched alkanes of at least 4 members (excludes halogenated alkanes) is 20. The lowest BCUT2D eigenvalue weighted by atomic mass is 9.96. The molecule has 3 rings (SSSR count). The maximum absolute atomic E-state index is 13.4. The Morgan fingerprint density at radius 2 is 0.787 bits per heavy atom. The normalized spacial score (nSPS) is 28.8. The van der Waals surface area contributed by atoms with Crippen molar-refractivity contribution in [2.75, 3.05) is 26.4 Å². The molecule has 17 atom stereocenters. The van der Waals surface area contributed by atoms with E-state index in [1.54, 1.807) is 6.08 Å². The summed E-state index contributed by atoms with van der Waals surface area (Å²) in [5.74, 6) is -0.304. The summed E-state index contributed by atoms with van der Waals surface area (Å²) in [5.41, 5.74) is 0. The van der Waals surface area contributed by atoms with Crippen LogP contribution in [-0.2, 0) is 33.2 Å². The van der Waals surface area contributed by atoms with Crippen LogP contribution in [0, 0.1) is 0 Å². The SMILES string of the molecule is CC/C=C\C/C=C\C/C=C\C/C=C\C/C=C\C/C=C\CCCCCCCCC(=O)NC(COC1OC(CO)C(OC2OC(CO)C(OC3OC(CO)C(O)C(O)C3O)C(O)C2O)C(O)C1O)C(O)/C=C/CC/C=C/CCCCCCCCCCCCCCC. The first kappa shape index (κ1) is 79.9. The van der Waals surface area contributed by atoms with E-state index in [9.17, 15) is 61.0 Å². The molecule has 12 N–H and O–H groups in total. The van der Waals surface area contributed by atoms with Gasteiger partial charge in [0, 0.05) is 6.42 Å². The number of amides is 1. The molecule has 0 aliphatic carbocycles. The number of hydrogen-bond acceptors (Lipinski definition) is 18. The number of allylic oxidation sites excluding steroid dienone is 15. The molecule has 0 spiro atoms. The van der Waals surface area contributed by atoms with E-state index in [2.05, 4.69) is 104 Å². The number of hydrogen-bond donors (Lipinski definition) is 12. The molecule has 3 heterocycles. The number of nitrogens with one attached hydrogen (secondary N) is 1. The fraction of sp³-hybridized carbons (Fsp3) is 0.757. The minimum Gasteiger partial charge on any atom is -0.394 e. The third-order valence-corrected chi connectivity index (χ3v) is 16.4. The Morgan fingerprint density at radius 3 is 1.26 bits per heavy atom. The Labute approximate surface area is 533 Å². The van der Waals surface area contributed by atoms with Crippen molar-refractivity contribution in [3.63, 3.8) is 0 Å². The topological polar surface area (TPSA) is 307 Å². The molecule has 17 unspecified atom stereocenters. The first-order valence-corrected chi connectivity index (χ1v) is 34.0. The molecular weight excluding hydrogens is 1140 g/mol. The number of ether oxygens (including phenoxy) is 6. The zero-order valence-electron chi connectivity index (χ0n) is 53.9. The minimum absolute atomic E-state index is 0.212. The van der Waals surface area contributed by atoms with E-state index in [0.717, 1.165) is 96.3 Å². The fourth-order valence-electron chi connectivity index (χ4n) is 10.9. The summed E-state index contributed by atoms with van der Waals surface area (Å²) in [4.78, 5) is 13.4. The van der Waals surface area contributed by atoms with Crippen LogP contribution in [0.15, 0.2) is 97.2 Å². The molecule has 512 valence electrons. The molecule has 3 aliphatic rings. The Balaban J connectivity index is 1.47. The highest BCUT2D eigenvalue weighted by molar-refractivity contribution is 5.76. The van der Waals surface area contributed by atoms with Gasteiger partial charge in [-0.15, -0.1) is 0 Å². The van der Waals surface area contributed by atoms with Gasteiger partial charge >= 0.3 is 0 Å². The van der Waals surface area contributed by atoms with Crippen LogP contribution in [0.4, 0.5) is 0 Å². The standard InChI is InChI=1S/C70H119NO18/c1-3-5-7-9-11-13-15-17-19-21-23-24-25-26-27-28-30-32-34-36-38-40-42-44-46-48-58(76)71-53(54(75)47-45-43-41-39-37-35-33-31-29-22-20-18-16-14-12-10-8-6-4-2)52-84-68-64(82)61(79)66(56(50-73)86-68)89-70-65(83)62(80)67(57(51-74)87-70)88-69-63(81)60(78)59(77)55(49-72)85-69/h5,7,11,13,17,19,23-24,26-27,30,32,37,39,45,47,53-57,59-70,72-75,77-83H,3-4,6,8-10,12,14-16,18,20-22,25,28-29,31,33-36,38,40-44,46,48-52H2,1-2H3,(H,71,76)/b7-5-,13-11-,19-17-,24-23-,27-26-,32-30-,39-37+,47-45+. The lowest BCUT2D eigenvalue weighted by molar-refractivity contribution is -0.379. The van der Waals surface area contributed by atoms with Crippen LogP contribution in [0.3, 0.4) is 0 Å². The lowest BCUT2D eigenvalue weighted by Gasteiger charge is -2.48. The molecule has 0 aromatic heterocycles. The molecule has 0 bridgehead atoms. The first-order valence-electron chi connectivity index (χ1n) is 34.0. The molecule has 19 nitrogen and oxygen atoms in total. The molecule has 0 aromatic rings. The number of aliphatic hydroxyl groups is 11. The van der Waals surface area contributed by atoms with Gasteiger partial charge in [0.15, 0.2) is 18.9 Å². The van der Waals surface area contributed by atoms with Gasteiger partial charge in [0.2, 0.25) is 5.91 Å². The minimum atomic E-state index is -1.99. The molecule has 3 fully saturated rings. The van der Waals surface area contributed by atoms with Crippen molar-refractivity contribution >= 4 is 5.91 Å². The summed E-state index contributed by atoms with van der Waals surface area (Å²) >= 11 is 0. The number of rotatable bonds is 50. The summed E-state index contributed by atoms with van der Waals surface area (Å²) in [6.45, 7) is 1.58. The number of carbonyl (C=O) groups excluding carboxylic acids is 1. The molecule has 1 amide bonds. The highest BCUT2D eigenvalue weighted by Gasteiger charge is 2.53. The average molecular weight is 1260 g/mol. The van der Waals surface area contributed by atoms with Gasteiger partial charge in [-0.05, 0) is 83.5 Å². The zero-order valence-corrected chi connectivity index (χ0v) is 53.9. The predicted molar refractivity (Wildman–Crippen MR) is 346 cm³/mol. The molecule has 0 radical (unpaired) electrons. The molecular formula is C70H119NO18. The Bertz CT molecular complexity index is 1990. The highest BCUT2D eigenvalue weighted by atomic mass is 16.8. The smallest absolute Gasteiger partial charge is 0.220 e. The Morgan fingerprint density at radius 1 is 0.416 bits per heavy atom. The molecule has 89 heavy (non-hydrogen) atoms. The third kappa shape index (κ3) is 33.4. The quantitative estimate of drug-likeness (QED) is 0.0201. The average Bonchev–Trinajstić information content (AvgIpc) is 2.44. The van der Waals surface area contributed by atoms with Crippen molar-refractivity contribution in [1.29, 1.82) is 0 Å². The van der Waals surface area contributed by atoms with Crippen LogP contribution < -0.4 is 5.32 Å². The van der Waals surface area contributed by atoms with Gasteiger partial charge in [-0.2, -0.15) is 0 Å². The van der Waals surface area contributed by atoms with Gasteiger partial charge in [0.1, 0.15) is 73.2 Å². The van der Waals surface area contributed by atoms with Crippen molar-refractivity contribution in [2.24, 2.45) is 0 Å². The van der Waals surface area contributed by atoms with Gasteiger partial charge in [0.05, 0.1) is 38.6 Å². The Hall–Kier alpha value is -3.29. The van der Waals surface area contributed by atoms with Crippen molar-refractivity contribution in [3.05, 3.63) is 97.2 Å². The predicted octanol–water partition coefficient (Wildman–Crippen LogP) is 8.49. The van der Waals surface area contributed by atoms with Crippen molar-refractivity contribution < 1.29 is 89.4 Å². The monoisotopic (exact) mass is 1260 g/mol.